The van der Waals surface area contributed by atoms with Crippen LogP contribution in [0, 0.1) is 0 Å². The van der Waals surface area contributed by atoms with E-state index in [2.05, 4.69) is 10.1 Å². The smallest absolute Gasteiger partial charge is 0.350 e. The van der Waals surface area contributed by atoms with E-state index in [-0.39, 0.29) is 4.88 Å². The first-order valence-corrected chi connectivity index (χ1v) is 9.01. The first-order chi connectivity index (χ1) is 13.0. The Labute approximate surface area is 163 Å². The van der Waals surface area contributed by atoms with Crippen molar-refractivity contribution >= 4 is 56.6 Å². The maximum atomic E-state index is 12.2. The minimum Gasteiger partial charge on any atom is -0.465 e. The third kappa shape index (κ3) is 4.27. The van der Waals surface area contributed by atoms with E-state index in [1.807, 2.05) is 24.3 Å². The topological polar surface area (TPSA) is 81.7 Å². The molecule has 0 aliphatic carbocycles. The largest absolute Gasteiger partial charge is 0.465 e. The number of ether oxygens (including phenoxy) is 2. The van der Waals surface area contributed by atoms with Gasteiger partial charge in [0.1, 0.15) is 4.88 Å². The van der Waals surface area contributed by atoms with Crippen LogP contribution in [0.1, 0.15) is 20.0 Å². The van der Waals surface area contributed by atoms with Gasteiger partial charge in [-0.2, -0.15) is 0 Å². The Hall–Kier alpha value is -2.90. The second kappa shape index (κ2) is 8.20. The van der Waals surface area contributed by atoms with Crippen molar-refractivity contribution in [2.75, 3.05) is 19.0 Å². The van der Waals surface area contributed by atoms with Gasteiger partial charge in [-0.25, -0.2) is 9.59 Å². The van der Waals surface area contributed by atoms with Crippen LogP contribution in [0.5, 0.6) is 0 Å². The van der Waals surface area contributed by atoms with Gasteiger partial charge in [0.05, 0.1) is 17.7 Å². The molecule has 3 rings (SSSR count). The van der Waals surface area contributed by atoms with Crippen LogP contribution in [-0.2, 0) is 14.3 Å². The molecule has 0 aliphatic heterocycles. The summed E-state index contributed by atoms with van der Waals surface area (Å²) in [6.45, 7) is -0.480. The van der Waals surface area contributed by atoms with Crippen molar-refractivity contribution in [2.45, 2.75) is 0 Å². The van der Waals surface area contributed by atoms with Crippen LogP contribution < -0.4 is 5.32 Å². The summed E-state index contributed by atoms with van der Waals surface area (Å²) in [6, 6.07) is 13.6. The van der Waals surface area contributed by atoms with E-state index in [9.17, 15) is 14.4 Å². The second-order valence-electron chi connectivity index (χ2n) is 5.44. The zero-order chi connectivity index (χ0) is 19.4. The molecule has 2 aromatic carbocycles. The van der Waals surface area contributed by atoms with Gasteiger partial charge in [-0.05, 0) is 24.3 Å². The van der Waals surface area contributed by atoms with E-state index in [1.54, 1.807) is 18.2 Å². The number of nitrogens with one attached hydrogen (secondary N) is 1. The van der Waals surface area contributed by atoms with Gasteiger partial charge in [-0.15, -0.1) is 11.3 Å². The van der Waals surface area contributed by atoms with Gasteiger partial charge in [0.25, 0.3) is 5.91 Å². The van der Waals surface area contributed by atoms with Crippen molar-refractivity contribution in [2.24, 2.45) is 0 Å². The summed E-state index contributed by atoms with van der Waals surface area (Å²) in [5.41, 5.74) is 0.684. The van der Waals surface area contributed by atoms with Crippen LogP contribution in [0.3, 0.4) is 0 Å². The first kappa shape index (κ1) is 18.9. The van der Waals surface area contributed by atoms with Crippen molar-refractivity contribution in [1.82, 2.24) is 0 Å². The number of benzene rings is 2. The molecule has 0 atom stereocenters. The Balaban J connectivity index is 1.62. The molecule has 0 radical (unpaired) electrons. The molecule has 1 heterocycles. The zero-order valence-corrected chi connectivity index (χ0v) is 15.7. The van der Waals surface area contributed by atoms with Crippen LogP contribution in [0.2, 0.25) is 5.02 Å². The van der Waals surface area contributed by atoms with Gasteiger partial charge in [-0.1, -0.05) is 35.9 Å². The fourth-order valence-electron chi connectivity index (χ4n) is 2.38. The number of anilines is 1. The number of methoxy groups -OCH3 is 1. The molecular weight excluding hydrogens is 390 g/mol. The zero-order valence-electron chi connectivity index (χ0n) is 14.2. The van der Waals surface area contributed by atoms with E-state index in [4.69, 9.17) is 16.3 Å². The Bertz CT molecular complexity index is 1030. The highest BCUT2D eigenvalue weighted by Crippen LogP contribution is 2.35. The normalized spacial score (nSPS) is 10.4. The molecule has 0 fully saturated rings. The number of thiophene rings is 1. The number of hydrogen-bond acceptors (Lipinski definition) is 6. The molecule has 27 heavy (non-hydrogen) atoms. The van der Waals surface area contributed by atoms with Crippen molar-refractivity contribution < 1.29 is 23.9 Å². The first-order valence-electron chi connectivity index (χ1n) is 7.82. The van der Waals surface area contributed by atoms with E-state index in [1.165, 1.54) is 24.5 Å². The SMILES string of the molecule is COC(=O)c1cccc(NC(=O)COC(=O)c2sc3ccccc3c2Cl)c1. The van der Waals surface area contributed by atoms with E-state index in [0.717, 1.165) is 10.1 Å². The maximum Gasteiger partial charge on any atom is 0.350 e. The number of amides is 1. The quantitative estimate of drug-likeness (QED) is 0.647. The van der Waals surface area contributed by atoms with Gasteiger partial charge in [0.2, 0.25) is 0 Å². The van der Waals surface area contributed by atoms with Crippen LogP contribution in [-0.4, -0.2) is 31.6 Å². The molecule has 138 valence electrons. The van der Waals surface area contributed by atoms with Gasteiger partial charge in [0, 0.05) is 15.8 Å². The monoisotopic (exact) mass is 403 g/mol. The van der Waals surface area contributed by atoms with E-state index >= 15 is 0 Å². The Morgan fingerprint density at radius 3 is 2.59 bits per heavy atom. The summed E-state index contributed by atoms with van der Waals surface area (Å²) in [5, 5.41) is 3.63. The number of halogens is 1. The molecule has 0 spiro atoms. The molecule has 1 amide bonds. The molecule has 6 nitrogen and oxygen atoms in total. The number of hydrogen-bond donors (Lipinski definition) is 1. The lowest BCUT2D eigenvalue weighted by atomic mass is 10.2. The van der Waals surface area contributed by atoms with Crippen LogP contribution in [0.15, 0.2) is 48.5 Å². The summed E-state index contributed by atoms with van der Waals surface area (Å²) in [6.07, 6.45) is 0. The molecule has 1 N–H and O–H groups in total. The molecule has 8 heteroatoms. The number of fused-ring (bicyclic) bond motifs is 1. The summed E-state index contributed by atoms with van der Waals surface area (Å²) in [7, 11) is 1.27. The van der Waals surface area contributed by atoms with Gasteiger partial charge >= 0.3 is 11.9 Å². The van der Waals surface area contributed by atoms with Crippen molar-refractivity contribution in [1.29, 1.82) is 0 Å². The third-order valence-corrected chi connectivity index (χ3v) is 5.28. The number of carbonyl (C=O) groups excluding carboxylic acids is 3. The molecular formula is C19H14ClNO5S. The molecule has 0 aliphatic rings. The molecule has 0 saturated carbocycles. The average Bonchev–Trinajstić information content (AvgIpc) is 3.02. The highest BCUT2D eigenvalue weighted by Gasteiger charge is 2.19. The second-order valence-corrected chi connectivity index (χ2v) is 6.87. The highest BCUT2D eigenvalue weighted by molar-refractivity contribution is 7.21. The highest BCUT2D eigenvalue weighted by atomic mass is 35.5. The summed E-state index contributed by atoms with van der Waals surface area (Å²) >= 11 is 7.43. The summed E-state index contributed by atoms with van der Waals surface area (Å²) in [4.78, 5) is 36.0. The van der Waals surface area contributed by atoms with Gasteiger partial charge < -0.3 is 14.8 Å². The number of carbonyl (C=O) groups is 3. The molecule has 0 saturated heterocycles. The maximum absolute atomic E-state index is 12.2. The lowest BCUT2D eigenvalue weighted by Gasteiger charge is -2.07. The molecule has 1 aromatic heterocycles. The fourth-order valence-corrected chi connectivity index (χ4v) is 3.78. The van der Waals surface area contributed by atoms with Crippen LogP contribution >= 0.6 is 22.9 Å². The average molecular weight is 404 g/mol. The lowest BCUT2D eigenvalue weighted by molar-refractivity contribution is -0.119. The summed E-state index contributed by atoms with van der Waals surface area (Å²) in [5.74, 6) is -1.72. The fraction of sp³-hybridized carbons (Fsp3) is 0.105. The lowest BCUT2D eigenvalue weighted by Crippen LogP contribution is -2.20. The molecule has 3 aromatic rings. The minimum absolute atomic E-state index is 0.248. The number of rotatable bonds is 5. The Morgan fingerprint density at radius 1 is 1.07 bits per heavy atom. The molecule has 0 unspecified atom stereocenters. The predicted octanol–water partition coefficient (Wildman–Crippen LogP) is 4.14. The Kier molecular flexibility index (Phi) is 5.73. The van der Waals surface area contributed by atoms with E-state index < -0.39 is 24.5 Å². The molecule has 0 bridgehead atoms. The minimum atomic E-state index is -0.667. The summed E-state index contributed by atoms with van der Waals surface area (Å²) < 4.78 is 10.5. The number of esters is 2. The predicted molar refractivity (Wildman–Crippen MR) is 104 cm³/mol. The third-order valence-electron chi connectivity index (χ3n) is 3.62. The van der Waals surface area contributed by atoms with Crippen molar-refractivity contribution in [3.8, 4) is 0 Å². The Morgan fingerprint density at radius 2 is 1.85 bits per heavy atom. The van der Waals surface area contributed by atoms with Crippen LogP contribution in [0.25, 0.3) is 10.1 Å². The van der Waals surface area contributed by atoms with E-state index in [0.29, 0.717) is 16.3 Å². The van der Waals surface area contributed by atoms with Crippen LogP contribution in [0.4, 0.5) is 5.69 Å². The van der Waals surface area contributed by atoms with Gasteiger partial charge in [-0.3, -0.25) is 4.79 Å². The van der Waals surface area contributed by atoms with Gasteiger partial charge in [0.15, 0.2) is 6.61 Å². The standard InChI is InChI=1S/C19H14ClNO5S/c1-25-18(23)11-5-4-6-12(9-11)21-15(22)10-26-19(24)17-16(20)13-7-2-3-8-14(13)27-17/h2-9H,10H2,1H3,(H,21,22). The van der Waals surface area contributed by atoms with Crippen molar-refractivity contribution in [3.63, 3.8) is 0 Å². The van der Waals surface area contributed by atoms with Crippen molar-refractivity contribution in [3.05, 3.63) is 64.0 Å².